The summed E-state index contributed by atoms with van der Waals surface area (Å²) in [6, 6.07) is 9.51. The molecule has 2 aromatic rings. The lowest BCUT2D eigenvalue weighted by atomic mass is 10.1. The number of carbonyl (C=O) groups excluding carboxylic acids is 1. The van der Waals surface area contributed by atoms with Gasteiger partial charge in [0.2, 0.25) is 0 Å². The van der Waals surface area contributed by atoms with Crippen molar-refractivity contribution < 1.29 is 9.21 Å². The summed E-state index contributed by atoms with van der Waals surface area (Å²) in [4.78, 5) is 13.9. The van der Waals surface area contributed by atoms with Crippen LogP contribution in [-0.2, 0) is 6.54 Å². The van der Waals surface area contributed by atoms with Crippen molar-refractivity contribution in [3.63, 3.8) is 0 Å². The van der Waals surface area contributed by atoms with Crippen molar-refractivity contribution in [1.82, 2.24) is 10.3 Å². The Kier molecular flexibility index (Phi) is 4.58. The van der Waals surface area contributed by atoms with Crippen molar-refractivity contribution in [3.8, 4) is 6.07 Å². The molecule has 1 aromatic heterocycles. The molecule has 3 N–H and O–H groups in total. The maximum absolute atomic E-state index is 12.0. The maximum atomic E-state index is 12.0. The van der Waals surface area contributed by atoms with E-state index in [4.69, 9.17) is 15.5 Å². The molecular formula is C15H18N4O2. The molecule has 0 radical (unpaired) electrons. The molecule has 0 spiro atoms. The van der Waals surface area contributed by atoms with E-state index >= 15 is 0 Å². The van der Waals surface area contributed by atoms with E-state index in [1.54, 1.807) is 0 Å². The molecule has 1 unspecified atom stereocenters. The van der Waals surface area contributed by atoms with Gasteiger partial charge in [-0.2, -0.15) is 5.26 Å². The minimum absolute atomic E-state index is 0.0915. The maximum Gasteiger partial charge on any atom is 0.269 e. The van der Waals surface area contributed by atoms with Crippen LogP contribution in [0.5, 0.6) is 0 Å². The van der Waals surface area contributed by atoms with Crippen LogP contribution in [0.4, 0.5) is 0 Å². The van der Waals surface area contributed by atoms with E-state index in [1.165, 1.54) is 0 Å². The number of hydrogen-bond donors (Lipinski definition) is 2. The van der Waals surface area contributed by atoms with Crippen molar-refractivity contribution in [1.29, 1.82) is 5.26 Å². The highest BCUT2D eigenvalue weighted by atomic mass is 16.3. The number of furan rings is 1. The summed E-state index contributed by atoms with van der Waals surface area (Å²) in [6.07, 6.45) is 0. The lowest BCUT2D eigenvalue weighted by Crippen LogP contribution is -2.31. The van der Waals surface area contributed by atoms with E-state index in [1.807, 2.05) is 43.1 Å². The van der Waals surface area contributed by atoms with Crippen LogP contribution in [-0.4, -0.2) is 24.4 Å². The molecule has 0 aliphatic heterocycles. The fourth-order valence-electron chi connectivity index (χ4n) is 2.35. The first-order chi connectivity index (χ1) is 10.1. The average Bonchev–Trinajstić information content (AvgIpc) is 2.83. The number of nitrogens with zero attached hydrogens (tertiary/aromatic N) is 2. The summed E-state index contributed by atoms with van der Waals surface area (Å²) in [5, 5.41) is 9.60. The van der Waals surface area contributed by atoms with Crippen LogP contribution < -0.4 is 11.3 Å². The molecule has 6 heteroatoms. The van der Waals surface area contributed by atoms with Crippen LogP contribution >= 0.6 is 0 Å². The number of amides is 1. The zero-order valence-electron chi connectivity index (χ0n) is 12.1. The molecule has 1 atom stereocenters. The normalized spacial score (nSPS) is 12.3. The lowest BCUT2D eigenvalue weighted by molar-refractivity contribution is 0.0951. The monoisotopic (exact) mass is 286 g/mol. The zero-order valence-corrected chi connectivity index (χ0v) is 12.1. The topological polar surface area (TPSA) is 95.3 Å². The second kappa shape index (κ2) is 6.39. The summed E-state index contributed by atoms with van der Waals surface area (Å²) in [7, 11) is 1.88. The number of para-hydroxylation sites is 1. The summed E-state index contributed by atoms with van der Waals surface area (Å²) in [5.41, 5.74) is 3.25. The van der Waals surface area contributed by atoms with Gasteiger partial charge >= 0.3 is 0 Å². The molecule has 0 aliphatic carbocycles. The van der Waals surface area contributed by atoms with E-state index in [9.17, 15) is 4.79 Å². The fourth-order valence-corrected chi connectivity index (χ4v) is 2.35. The van der Waals surface area contributed by atoms with Gasteiger partial charge < -0.3 is 4.42 Å². The third-order valence-corrected chi connectivity index (χ3v) is 3.25. The molecular weight excluding hydrogens is 268 g/mol. The van der Waals surface area contributed by atoms with Gasteiger partial charge in [-0.15, -0.1) is 0 Å². The number of benzene rings is 1. The molecule has 0 saturated heterocycles. The smallest absolute Gasteiger partial charge is 0.269 e. The van der Waals surface area contributed by atoms with E-state index < -0.39 is 0 Å². The number of rotatable bonds is 5. The predicted octanol–water partition coefficient (Wildman–Crippen LogP) is 1.63. The third-order valence-electron chi connectivity index (χ3n) is 3.25. The second-order valence-corrected chi connectivity index (χ2v) is 5.10. The third kappa shape index (κ3) is 3.21. The molecule has 0 aliphatic rings. The molecule has 0 saturated carbocycles. The Labute approximate surface area is 123 Å². The molecule has 0 fully saturated rings. The molecule has 0 bridgehead atoms. The minimum Gasteiger partial charge on any atom is -0.459 e. The van der Waals surface area contributed by atoms with Gasteiger partial charge in [-0.05, 0) is 20.0 Å². The number of nitrogens with two attached hydrogens (primary N) is 1. The lowest BCUT2D eigenvalue weighted by Gasteiger charge is -2.16. The fraction of sp³-hybridized carbons (Fsp3) is 0.333. The number of carbonyl (C=O) groups is 1. The second-order valence-electron chi connectivity index (χ2n) is 5.10. The van der Waals surface area contributed by atoms with Gasteiger partial charge in [-0.1, -0.05) is 18.2 Å². The molecule has 110 valence electrons. The van der Waals surface area contributed by atoms with Crippen LogP contribution in [0.15, 0.2) is 28.7 Å². The molecule has 1 heterocycles. The Bertz CT molecular complexity index is 687. The quantitative estimate of drug-likeness (QED) is 0.495. The van der Waals surface area contributed by atoms with Gasteiger partial charge in [0.1, 0.15) is 11.3 Å². The van der Waals surface area contributed by atoms with Crippen molar-refractivity contribution in [2.24, 2.45) is 11.8 Å². The number of nitriles is 1. The Balaban J connectivity index is 2.34. The van der Waals surface area contributed by atoms with Crippen LogP contribution in [0.2, 0.25) is 0 Å². The highest BCUT2D eigenvalue weighted by Crippen LogP contribution is 2.26. The summed E-state index contributed by atoms with van der Waals surface area (Å²) in [5.74, 6) is 5.34. The zero-order chi connectivity index (χ0) is 15.4. The Morgan fingerprint density at radius 2 is 2.24 bits per heavy atom. The average molecular weight is 286 g/mol. The van der Waals surface area contributed by atoms with Crippen molar-refractivity contribution in [2.45, 2.75) is 13.5 Å². The highest BCUT2D eigenvalue weighted by molar-refractivity contribution is 6.07. The van der Waals surface area contributed by atoms with Gasteiger partial charge in [0, 0.05) is 11.9 Å². The van der Waals surface area contributed by atoms with Crippen LogP contribution in [0.1, 0.15) is 23.0 Å². The predicted molar refractivity (Wildman–Crippen MR) is 79.0 cm³/mol. The van der Waals surface area contributed by atoms with E-state index in [0.717, 1.165) is 5.39 Å². The van der Waals surface area contributed by atoms with Gasteiger partial charge in [-0.3, -0.25) is 15.1 Å². The van der Waals surface area contributed by atoms with Gasteiger partial charge in [0.05, 0.1) is 24.1 Å². The van der Waals surface area contributed by atoms with E-state index in [2.05, 4.69) is 11.5 Å². The number of hydrogen-bond acceptors (Lipinski definition) is 5. The number of nitrogens with one attached hydrogen (secondary N) is 1. The van der Waals surface area contributed by atoms with Gasteiger partial charge in [0.25, 0.3) is 5.91 Å². The molecule has 1 aromatic carbocycles. The number of hydrazine groups is 1. The Morgan fingerprint density at radius 1 is 1.52 bits per heavy atom. The van der Waals surface area contributed by atoms with Crippen molar-refractivity contribution in [3.05, 3.63) is 35.6 Å². The Morgan fingerprint density at radius 3 is 2.90 bits per heavy atom. The molecule has 6 nitrogen and oxygen atoms in total. The van der Waals surface area contributed by atoms with E-state index in [-0.39, 0.29) is 11.8 Å². The standard InChI is InChI=1S/C15H18N4O2/c1-10(7-16)8-19(2)9-13-14(15(20)18-17)11-5-3-4-6-12(11)21-13/h3-6,10H,8-9,17H2,1-2H3,(H,18,20). The Hall–Kier alpha value is -2.36. The molecule has 1 amide bonds. The van der Waals surface area contributed by atoms with Crippen molar-refractivity contribution in [2.75, 3.05) is 13.6 Å². The van der Waals surface area contributed by atoms with Gasteiger partial charge in [0.15, 0.2) is 0 Å². The van der Waals surface area contributed by atoms with E-state index in [0.29, 0.717) is 30.0 Å². The summed E-state index contributed by atoms with van der Waals surface area (Å²) in [6.45, 7) is 2.88. The SMILES string of the molecule is CC(C#N)CN(C)Cc1oc2ccccc2c1C(=O)NN. The largest absolute Gasteiger partial charge is 0.459 e. The minimum atomic E-state index is -0.378. The number of nitrogen functional groups attached to an aromatic ring is 1. The summed E-state index contributed by atoms with van der Waals surface area (Å²) >= 11 is 0. The van der Waals surface area contributed by atoms with Gasteiger partial charge in [-0.25, -0.2) is 5.84 Å². The first-order valence-corrected chi connectivity index (χ1v) is 6.66. The van der Waals surface area contributed by atoms with Crippen molar-refractivity contribution >= 4 is 16.9 Å². The summed E-state index contributed by atoms with van der Waals surface area (Å²) < 4.78 is 5.77. The van der Waals surface area contributed by atoms with Crippen LogP contribution in [0.25, 0.3) is 11.0 Å². The van der Waals surface area contributed by atoms with Crippen LogP contribution in [0.3, 0.4) is 0 Å². The number of fused-ring (bicyclic) bond motifs is 1. The van der Waals surface area contributed by atoms with Crippen LogP contribution in [0, 0.1) is 17.2 Å². The molecule has 21 heavy (non-hydrogen) atoms. The first-order valence-electron chi connectivity index (χ1n) is 6.66. The molecule has 2 rings (SSSR count). The highest BCUT2D eigenvalue weighted by Gasteiger charge is 2.21. The first kappa shape index (κ1) is 15.0.